The molecule has 48 heavy (non-hydrogen) atoms. The number of para-hydroxylation sites is 1. The number of aromatic nitrogens is 4. The van der Waals surface area contributed by atoms with Crippen molar-refractivity contribution < 1.29 is 9.13 Å². The van der Waals surface area contributed by atoms with Crippen molar-refractivity contribution in [3.63, 3.8) is 0 Å². The van der Waals surface area contributed by atoms with E-state index in [1.807, 2.05) is 65.4 Å². The molecule has 7 rings (SSSR count). The minimum atomic E-state index is -0.225. The van der Waals surface area contributed by atoms with E-state index >= 15 is 0 Å². The van der Waals surface area contributed by atoms with Gasteiger partial charge in [0.05, 0.1) is 19.9 Å². The summed E-state index contributed by atoms with van der Waals surface area (Å²) in [6, 6.07) is 33.2. The Kier molecular flexibility index (Phi) is 9.22. The molecule has 1 fully saturated rings. The van der Waals surface area contributed by atoms with E-state index in [-0.39, 0.29) is 5.82 Å². The number of halogens is 1. The number of nitrogens with zero attached hydrogens (tertiary/aromatic N) is 6. The van der Waals surface area contributed by atoms with E-state index in [4.69, 9.17) is 14.7 Å². The van der Waals surface area contributed by atoms with Gasteiger partial charge in [-0.1, -0.05) is 66.7 Å². The SMILES string of the molecule is COc1ccc(Nc2nc(N/N=C/c3cn(Cc4ccccc4F)c4ccccc34)nc(N3CCC(Cc4ccccc4)CC3)n2)cc1. The van der Waals surface area contributed by atoms with Gasteiger partial charge in [0.25, 0.3) is 0 Å². The number of nitrogens with one attached hydrogen (secondary N) is 2. The normalized spacial score (nSPS) is 13.7. The maximum Gasteiger partial charge on any atom is 0.250 e. The first-order chi connectivity index (χ1) is 23.6. The second kappa shape index (κ2) is 14.3. The van der Waals surface area contributed by atoms with E-state index < -0.39 is 0 Å². The van der Waals surface area contributed by atoms with Gasteiger partial charge in [0.15, 0.2) is 0 Å². The molecular weight excluding hydrogens is 603 g/mol. The number of rotatable bonds is 11. The van der Waals surface area contributed by atoms with Crippen LogP contribution in [0.3, 0.4) is 0 Å². The quantitative estimate of drug-likeness (QED) is 0.111. The monoisotopic (exact) mass is 640 g/mol. The lowest BCUT2D eigenvalue weighted by atomic mass is 9.90. The van der Waals surface area contributed by atoms with Gasteiger partial charge in [0.1, 0.15) is 11.6 Å². The minimum absolute atomic E-state index is 0.225. The molecule has 0 spiro atoms. The molecule has 0 radical (unpaired) electrons. The molecule has 2 N–H and O–H groups in total. The van der Waals surface area contributed by atoms with Crippen LogP contribution in [0, 0.1) is 11.7 Å². The topological polar surface area (TPSA) is 92.5 Å². The summed E-state index contributed by atoms with van der Waals surface area (Å²) < 4.78 is 21.8. The number of ether oxygens (including phenoxy) is 1. The van der Waals surface area contributed by atoms with Gasteiger partial charge in [-0.05, 0) is 67.1 Å². The minimum Gasteiger partial charge on any atom is -0.497 e. The molecule has 2 aromatic heterocycles. The highest BCUT2D eigenvalue weighted by Gasteiger charge is 2.23. The number of methoxy groups -OCH3 is 1. The first kappa shape index (κ1) is 30.9. The third-order valence-corrected chi connectivity index (χ3v) is 8.72. The van der Waals surface area contributed by atoms with Crippen molar-refractivity contribution in [1.82, 2.24) is 19.5 Å². The van der Waals surface area contributed by atoms with Crippen molar-refractivity contribution in [1.29, 1.82) is 0 Å². The first-order valence-electron chi connectivity index (χ1n) is 16.2. The van der Waals surface area contributed by atoms with Crippen LogP contribution in [-0.4, -0.2) is 45.9 Å². The van der Waals surface area contributed by atoms with Crippen LogP contribution in [0.4, 0.5) is 27.9 Å². The van der Waals surface area contributed by atoms with E-state index in [1.165, 1.54) is 11.6 Å². The lowest BCUT2D eigenvalue weighted by molar-refractivity contribution is 0.400. The van der Waals surface area contributed by atoms with Crippen LogP contribution in [0.1, 0.15) is 29.5 Å². The molecule has 1 saturated heterocycles. The molecule has 9 nitrogen and oxygen atoms in total. The van der Waals surface area contributed by atoms with Crippen molar-refractivity contribution in [3.8, 4) is 5.75 Å². The van der Waals surface area contributed by atoms with Gasteiger partial charge in [-0.15, -0.1) is 0 Å². The lowest BCUT2D eigenvalue weighted by Crippen LogP contribution is -2.35. The highest BCUT2D eigenvalue weighted by atomic mass is 19.1. The van der Waals surface area contributed by atoms with Crippen molar-refractivity contribution >= 4 is 40.6 Å². The van der Waals surface area contributed by atoms with Crippen molar-refractivity contribution in [3.05, 3.63) is 132 Å². The number of anilines is 4. The summed E-state index contributed by atoms with van der Waals surface area (Å²) in [5, 5.41) is 8.86. The summed E-state index contributed by atoms with van der Waals surface area (Å²) in [6.45, 7) is 2.12. The Hall–Kier alpha value is -5.77. The molecule has 3 heterocycles. The van der Waals surface area contributed by atoms with Gasteiger partial charge in [-0.3, -0.25) is 0 Å². The predicted molar refractivity (Wildman–Crippen MR) is 190 cm³/mol. The Morgan fingerprint density at radius 1 is 0.854 bits per heavy atom. The summed E-state index contributed by atoms with van der Waals surface area (Å²) in [5.41, 5.74) is 7.75. The van der Waals surface area contributed by atoms with Crippen LogP contribution in [0.2, 0.25) is 0 Å². The molecule has 242 valence electrons. The fourth-order valence-electron chi connectivity index (χ4n) is 6.18. The molecule has 0 saturated carbocycles. The Labute approximate surface area is 279 Å². The number of hydrazone groups is 1. The average molecular weight is 641 g/mol. The molecule has 0 amide bonds. The highest BCUT2D eigenvalue weighted by Crippen LogP contribution is 2.27. The number of fused-ring (bicyclic) bond motifs is 1. The predicted octanol–water partition coefficient (Wildman–Crippen LogP) is 7.67. The zero-order valence-electron chi connectivity index (χ0n) is 26.8. The maximum absolute atomic E-state index is 14.5. The molecule has 0 bridgehead atoms. The number of hydrogen-bond donors (Lipinski definition) is 2. The van der Waals surface area contributed by atoms with E-state index in [0.29, 0.717) is 35.9 Å². The molecule has 10 heteroatoms. The van der Waals surface area contributed by atoms with Crippen molar-refractivity contribution in [2.45, 2.75) is 25.8 Å². The summed E-state index contributed by atoms with van der Waals surface area (Å²) in [5.74, 6) is 2.49. The fourth-order valence-corrected chi connectivity index (χ4v) is 6.18. The lowest BCUT2D eigenvalue weighted by Gasteiger charge is -2.32. The molecule has 0 atom stereocenters. The summed E-state index contributed by atoms with van der Waals surface area (Å²) in [7, 11) is 1.64. The standard InChI is InChI=1S/C38H37FN8O/c1-48-32-17-15-31(16-18-32)41-36-42-37(44-38(43-36)46-21-19-28(20-22-46)23-27-9-3-2-4-10-27)45-40-24-30-26-47(35-14-8-6-12-33(30)35)25-29-11-5-7-13-34(29)39/h2-18,24,26,28H,19-23,25H2,1H3,(H2,41,42,43,44,45)/b40-24+. The number of piperidine rings is 1. The average Bonchev–Trinajstić information content (AvgIpc) is 3.47. The Morgan fingerprint density at radius 3 is 2.38 bits per heavy atom. The van der Waals surface area contributed by atoms with E-state index in [9.17, 15) is 4.39 Å². The van der Waals surface area contributed by atoms with Gasteiger partial charge in [-0.2, -0.15) is 20.1 Å². The molecular formula is C38H37FN8O. The fraction of sp³-hybridized carbons (Fsp3) is 0.211. The highest BCUT2D eigenvalue weighted by molar-refractivity contribution is 5.99. The van der Waals surface area contributed by atoms with Crippen LogP contribution < -0.4 is 20.4 Å². The Bertz CT molecular complexity index is 2000. The van der Waals surface area contributed by atoms with E-state index in [2.05, 4.69) is 56.1 Å². The second-order valence-corrected chi connectivity index (χ2v) is 11.9. The van der Waals surface area contributed by atoms with Gasteiger partial charge in [0.2, 0.25) is 17.8 Å². The molecule has 4 aromatic carbocycles. The van der Waals surface area contributed by atoms with Crippen molar-refractivity contribution in [2.75, 3.05) is 35.8 Å². The Morgan fingerprint density at radius 2 is 1.58 bits per heavy atom. The smallest absolute Gasteiger partial charge is 0.250 e. The van der Waals surface area contributed by atoms with Crippen LogP contribution in [0.15, 0.2) is 114 Å². The van der Waals surface area contributed by atoms with Crippen LogP contribution in [-0.2, 0) is 13.0 Å². The van der Waals surface area contributed by atoms with E-state index in [0.717, 1.165) is 60.3 Å². The third-order valence-electron chi connectivity index (χ3n) is 8.72. The van der Waals surface area contributed by atoms with Gasteiger partial charge < -0.3 is 19.5 Å². The second-order valence-electron chi connectivity index (χ2n) is 11.9. The Balaban J connectivity index is 1.11. The van der Waals surface area contributed by atoms with Gasteiger partial charge in [0, 0.05) is 47.0 Å². The molecule has 1 aliphatic heterocycles. The zero-order chi connectivity index (χ0) is 32.7. The largest absolute Gasteiger partial charge is 0.497 e. The molecule has 6 aromatic rings. The molecule has 1 aliphatic rings. The number of benzene rings is 4. The van der Waals surface area contributed by atoms with Crippen LogP contribution >= 0.6 is 0 Å². The van der Waals surface area contributed by atoms with Crippen molar-refractivity contribution in [2.24, 2.45) is 11.0 Å². The maximum atomic E-state index is 14.5. The van der Waals surface area contributed by atoms with Gasteiger partial charge in [-0.25, -0.2) is 9.82 Å². The van der Waals surface area contributed by atoms with Crippen LogP contribution in [0.5, 0.6) is 5.75 Å². The summed E-state index contributed by atoms with van der Waals surface area (Å²) >= 11 is 0. The van der Waals surface area contributed by atoms with Gasteiger partial charge >= 0.3 is 0 Å². The summed E-state index contributed by atoms with van der Waals surface area (Å²) in [4.78, 5) is 16.4. The molecule has 0 aliphatic carbocycles. The molecule has 0 unspecified atom stereocenters. The van der Waals surface area contributed by atoms with Crippen LogP contribution in [0.25, 0.3) is 10.9 Å². The van der Waals surface area contributed by atoms with E-state index in [1.54, 1.807) is 25.5 Å². The summed E-state index contributed by atoms with van der Waals surface area (Å²) in [6.07, 6.45) is 6.92. The third kappa shape index (κ3) is 7.28. The first-order valence-corrected chi connectivity index (χ1v) is 16.2. The number of hydrogen-bond acceptors (Lipinski definition) is 8. The zero-order valence-corrected chi connectivity index (χ0v) is 26.8.